The molecular weight excluding hydrogens is 209 g/mol. The molecule has 2 heterocycles. The van der Waals surface area contributed by atoms with Crippen molar-refractivity contribution in [3.8, 4) is 0 Å². The highest BCUT2D eigenvalue weighted by Gasteiger charge is 2.20. The zero-order chi connectivity index (χ0) is 11.5. The van der Waals surface area contributed by atoms with E-state index in [0.29, 0.717) is 6.61 Å². The molecule has 1 saturated heterocycles. The van der Waals surface area contributed by atoms with Crippen LogP contribution in [0.4, 0.5) is 0 Å². The van der Waals surface area contributed by atoms with Crippen LogP contribution in [0.3, 0.4) is 0 Å². The van der Waals surface area contributed by atoms with Crippen LogP contribution in [0.5, 0.6) is 0 Å². The number of hydrogen-bond donors (Lipinski definition) is 3. The van der Waals surface area contributed by atoms with Crippen LogP contribution in [0, 0.1) is 0 Å². The highest BCUT2D eigenvalue weighted by Crippen LogP contribution is 2.22. The molecule has 0 spiro atoms. The van der Waals surface area contributed by atoms with E-state index in [9.17, 15) is 4.79 Å². The van der Waals surface area contributed by atoms with Crippen molar-refractivity contribution in [2.45, 2.75) is 18.8 Å². The number of hydrogen-bond acceptors (Lipinski definition) is 4. The minimum atomic E-state index is -1.61. The van der Waals surface area contributed by atoms with Crippen molar-refractivity contribution in [2.24, 2.45) is 0 Å². The topological polar surface area (TPSA) is 82.6 Å². The molecule has 0 radical (unpaired) electrons. The van der Waals surface area contributed by atoms with E-state index in [1.165, 1.54) is 6.07 Å². The van der Waals surface area contributed by atoms with Gasteiger partial charge in [-0.25, -0.2) is 0 Å². The van der Waals surface area contributed by atoms with Crippen molar-refractivity contribution in [3.63, 3.8) is 0 Å². The van der Waals surface area contributed by atoms with Crippen LogP contribution in [-0.2, 0) is 4.74 Å². The molecule has 3 N–H and O–H groups in total. The molecule has 1 fully saturated rings. The molecule has 1 aromatic heterocycles. The Kier molecular flexibility index (Phi) is 3.43. The molecule has 5 nitrogen and oxygen atoms in total. The summed E-state index contributed by atoms with van der Waals surface area (Å²) >= 11 is 0. The number of pyridine rings is 1. The van der Waals surface area contributed by atoms with E-state index in [1.54, 1.807) is 6.07 Å². The summed E-state index contributed by atoms with van der Waals surface area (Å²) in [5.41, 5.74) is 0.630. The van der Waals surface area contributed by atoms with Gasteiger partial charge in [0.1, 0.15) is 0 Å². The van der Waals surface area contributed by atoms with E-state index in [-0.39, 0.29) is 16.9 Å². The van der Waals surface area contributed by atoms with E-state index in [2.05, 4.69) is 4.98 Å². The molecule has 0 amide bonds. The number of rotatable bonds is 2. The van der Waals surface area contributed by atoms with Crippen molar-refractivity contribution in [1.29, 1.82) is 0 Å². The van der Waals surface area contributed by atoms with Crippen LogP contribution in [0.15, 0.2) is 16.9 Å². The monoisotopic (exact) mass is 223 g/mol. The molecule has 1 atom stereocenters. The van der Waals surface area contributed by atoms with Gasteiger partial charge in [0.2, 0.25) is 5.56 Å². The van der Waals surface area contributed by atoms with Crippen molar-refractivity contribution in [1.82, 2.24) is 4.98 Å². The van der Waals surface area contributed by atoms with E-state index >= 15 is 0 Å². The molecule has 2 rings (SSSR count). The van der Waals surface area contributed by atoms with E-state index < -0.39 is 7.12 Å². The van der Waals surface area contributed by atoms with Crippen molar-refractivity contribution in [3.05, 3.63) is 28.2 Å². The quantitative estimate of drug-likeness (QED) is 0.558. The van der Waals surface area contributed by atoms with Gasteiger partial charge in [0.25, 0.3) is 0 Å². The molecule has 1 unspecified atom stereocenters. The first-order chi connectivity index (χ1) is 7.66. The lowest BCUT2D eigenvalue weighted by Gasteiger charge is -2.22. The van der Waals surface area contributed by atoms with Crippen LogP contribution in [-0.4, -0.2) is 35.4 Å². The maximum absolute atomic E-state index is 11.3. The summed E-state index contributed by atoms with van der Waals surface area (Å²) in [6, 6.07) is 2.81. The Labute approximate surface area is 93.2 Å². The van der Waals surface area contributed by atoms with Crippen LogP contribution in [0.25, 0.3) is 0 Å². The van der Waals surface area contributed by atoms with E-state index in [4.69, 9.17) is 14.8 Å². The maximum Gasteiger partial charge on any atom is 0.488 e. The van der Waals surface area contributed by atoms with Crippen molar-refractivity contribution < 1.29 is 14.8 Å². The average molecular weight is 223 g/mol. The molecule has 1 aromatic rings. The Bertz CT molecular complexity index is 412. The number of ether oxygens (including phenoxy) is 1. The van der Waals surface area contributed by atoms with Crippen LogP contribution in [0.2, 0.25) is 0 Å². The first-order valence-corrected chi connectivity index (χ1v) is 5.35. The maximum atomic E-state index is 11.3. The molecule has 1 aliphatic heterocycles. The highest BCUT2D eigenvalue weighted by molar-refractivity contribution is 6.58. The summed E-state index contributed by atoms with van der Waals surface area (Å²) in [7, 11) is -1.61. The lowest BCUT2D eigenvalue weighted by Crippen LogP contribution is -2.34. The van der Waals surface area contributed by atoms with Gasteiger partial charge in [-0.1, -0.05) is 0 Å². The molecule has 0 bridgehead atoms. The molecule has 6 heteroatoms. The van der Waals surface area contributed by atoms with Gasteiger partial charge in [-0.3, -0.25) is 4.79 Å². The minimum absolute atomic E-state index is 0.139. The second-order valence-electron chi connectivity index (χ2n) is 4.02. The van der Waals surface area contributed by atoms with E-state index in [0.717, 1.165) is 25.1 Å². The summed E-state index contributed by atoms with van der Waals surface area (Å²) < 4.78 is 5.33. The number of aromatic amines is 1. The van der Waals surface area contributed by atoms with Crippen molar-refractivity contribution in [2.75, 3.05) is 13.2 Å². The van der Waals surface area contributed by atoms with Crippen LogP contribution in [0.1, 0.15) is 24.5 Å². The normalized spacial score (nSPS) is 20.8. The smallest absolute Gasteiger partial charge is 0.423 e. The van der Waals surface area contributed by atoms with Crippen LogP contribution >= 0.6 is 0 Å². The van der Waals surface area contributed by atoms with E-state index in [1.807, 2.05) is 0 Å². The third kappa shape index (κ3) is 2.52. The van der Waals surface area contributed by atoms with Gasteiger partial charge in [0.05, 0.1) is 6.61 Å². The number of H-pyrrole nitrogens is 1. The Hall–Kier alpha value is -1.11. The van der Waals surface area contributed by atoms with Gasteiger partial charge in [-0.2, -0.15) is 0 Å². The molecule has 0 saturated carbocycles. The fraction of sp³-hybridized carbons (Fsp3) is 0.500. The second-order valence-corrected chi connectivity index (χ2v) is 4.02. The largest absolute Gasteiger partial charge is 0.488 e. The minimum Gasteiger partial charge on any atom is -0.423 e. The molecule has 16 heavy (non-hydrogen) atoms. The first-order valence-electron chi connectivity index (χ1n) is 5.35. The molecule has 1 aliphatic rings. The lowest BCUT2D eigenvalue weighted by atomic mass is 9.79. The predicted octanol–water partition coefficient (Wildman–Crippen LogP) is -1.05. The lowest BCUT2D eigenvalue weighted by molar-refractivity contribution is 0.0793. The summed E-state index contributed by atoms with van der Waals surface area (Å²) in [5.74, 6) is 0.139. The fourth-order valence-electron chi connectivity index (χ4n) is 1.94. The summed E-state index contributed by atoms with van der Waals surface area (Å²) in [4.78, 5) is 14.1. The summed E-state index contributed by atoms with van der Waals surface area (Å²) in [5, 5.41) is 18.1. The van der Waals surface area contributed by atoms with Crippen molar-refractivity contribution >= 4 is 12.6 Å². The van der Waals surface area contributed by atoms with Gasteiger partial charge in [-0.05, 0) is 24.4 Å². The van der Waals surface area contributed by atoms with Gasteiger partial charge in [0, 0.05) is 24.3 Å². The van der Waals surface area contributed by atoms with Gasteiger partial charge in [-0.15, -0.1) is 0 Å². The van der Waals surface area contributed by atoms with Gasteiger partial charge in [0.15, 0.2) is 0 Å². The first kappa shape index (κ1) is 11.4. The average Bonchev–Trinajstić information content (AvgIpc) is 2.29. The standard InChI is InChI=1S/C10H14BNO4/c13-10-5-8(11(14)15)4-9(12-10)7-2-1-3-16-6-7/h4-5,7,14-15H,1-3,6H2,(H,12,13). The van der Waals surface area contributed by atoms with Gasteiger partial charge < -0.3 is 19.8 Å². The molecule has 0 aromatic carbocycles. The number of nitrogens with one attached hydrogen (secondary N) is 1. The summed E-state index contributed by atoms with van der Waals surface area (Å²) in [6.45, 7) is 1.32. The third-order valence-electron chi connectivity index (χ3n) is 2.79. The predicted molar refractivity (Wildman–Crippen MR) is 59.7 cm³/mol. The zero-order valence-electron chi connectivity index (χ0n) is 8.85. The Morgan fingerprint density at radius 2 is 2.25 bits per heavy atom. The summed E-state index contributed by atoms with van der Waals surface area (Å²) in [6.07, 6.45) is 1.90. The molecular formula is C10H14BNO4. The zero-order valence-corrected chi connectivity index (χ0v) is 8.85. The SMILES string of the molecule is O=c1cc(B(O)O)cc(C2CCCOC2)[nH]1. The third-order valence-corrected chi connectivity index (χ3v) is 2.79. The Morgan fingerprint density at radius 3 is 2.88 bits per heavy atom. The Balaban J connectivity index is 2.29. The fourth-order valence-corrected chi connectivity index (χ4v) is 1.94. The molecule has 86 valence electrons. The Morgan fingerprint density at radius 1 is 1.44 bits per heavy atom. The molecule has 0 aliphatic carbocycles. The second kappa shape index (κ2) is 4.82. The highest BCUT2D eigenvalue weighted by atomic mass is 16.5. The van der Waals surface area contributed by atoms with Crippen LogP contribution < -0.4 is 11.0 Å². The number of aromatic nitrogens is 1. The van der Waals surface area contributed by atoms with Gasteiger partial charge >= 0.3 is 7.12 Å².